The summed E-state index contributed by atoms with van der Waals surface area (Å²) in [5.74, 6) is 2.16. The van der Waals surface area contributed by atoms with E-state index in [0.717, 1.165) is 40.3 Å². The van der Waals surface area contributed by atoms with Crippen LogP contribution in [0.3, 0.4) is 0 Å². The van der Waals surface area contributed by atoms with E-state index in [2.05, 4.69) is 11.4 Å². The SMILES string of the molecule is N#CCc1ccc(OCc2ccccc2NC(=O)CCc2ccc3c(c2)OCCCO3)cc1. The number of benzene rings is 3. The molecule has 1 aliphatic rings. The highest BCUT2D eigenvalue weighted by molar-refractivity contribution is 5.91. The number of nitrogens with zero attached hydrogens (tertiary/aromatic N) is 1. The maximum atomic E-state index is 12.6. The van der Waals surface area contributed by atoms with Gasteiger partial charge in [0.05, 0.1) is 25.7 Å². The van der Waals surface area contributed by atoms with Gasteiger partial charge < -0.3 is 19.5 Å². The molecule has 0 fully saturated rings. The molecule has 0 radical (unpaired) electrons. The minimum Gasteiger partial charge on any atom is -0.490 e. The van der Waals surface area contributed by atoms with Gasteiger partial charge >= 0.3 is 0 Å². The molecule has 3 aromatic carbocycles. The zero-order valence-electron chi connectivity index (χ0n) is 18.4. The van der Waals surface area contributed by atoms with Gasteiger partial charge in [-0.25, -0.2) is 0 Å². The largest absolute Gasteiger partial charge is 0.490 e. The molecule has 0 aliphatic carbocycles. The molecule has 0 unspecified atom stereocenters. The molecule has 0 saturated carbocycles. The first kappa shape index (κ1) is 22.2. The predicted molar refractivity (Wildman–Crippen MR) is 126 cm³/mol. The first-order valence-corrected chi connectivity index (χ1v) is 11.1. The fourth-order valence-electron chi connectivity index (χ4n) is 3.56. The summed E-state index contributed by atoms with van der Waals surface area (Å²) < 4.78 is 17.3. The van der Waals surface area contributed by atoms with E-state index in [1.54, 1.807) is 0 Å². The monoisotopic (exact) mass is 442 g/mol. The number of hydrogen-bond acceptors (Lipinski definition) is 5. The summed E-state index contributed by atoms with van der Waals surface area (Å²) >= 11 is 0. The number of anilines is 1. The van der Waals surface area contributed by atoms with Crippen LogP contribution < -0.4 is 19.5 Å². The zero-order chi connectivity index (χ0) is 22.9. The highest BCUT2D eigenvalue weighted by Gasteiger charge is 2.12. The van der Waals surface area contributed by atoms with Crippen molar-refractivity contribution in [2.75, 3.05) is 18.5 Å². The van der Waals surface area contributed by atoms with E-state index in [4.69, 9.17) is 19.5 Å². The van der Waals surface area contributed by atoms with Crippen LogP contribution in [-0.2, 0) is 24.2 Å². The van der Waals surface area contributed by atoms with Gasteiger partial charge in [-0.2, -0.15) is 5.26 Å². The molecule has 168 valence electrons. The van der Waals surface area contributed by atoms with Crippen LogP contribution in [0.2, 0.25) is 0 Å². The van der Waals surface area contributed by atoms with E-state index < -0.39 is 0 Å². The van der Waals surface area contributed by atoms with E-state index in [-0.39, 0.29) is 5.91 Å². The smallest absolute Gasteiger partial charge is 0.224 e. The van der Waals surface area contributed by atoms with Gasteiger partial charge in [0.15, 0.2) is 11.5 Å². The number of amides is 1. The number of aryl methyl sites for hydroxylation is 1. The molecule has 0 saturated heterocycles. The molecule has 1 amide bonds. The molecule has 0 spiro atoms. The Hall–Kier alpha value is -3.98. The lowest BCUT2D eigenvalue weighted by Gasteiger charge is -2.13. The van der Waals surface area contributed by atoms with Crippen molar-refractivity contribution >= 4 is 11.6 Å². The van der Waals surface area contributed by atoms with E-state index >= 15 is 0 Å². The number of nitriles is 1. The van der Waals surface area contributed by atoms with Crippen molar-refractivity contribution in [3.8, 4) is 23.3 Å². The van der Waals surface area contributed by atoms with Crippen molar-refractivity contribution in [2.45, 2.75) is 32.3 Å². The normalized spacial score (nSPS) is 12.3. The number of para-hydroxylation sites is 1. The van der Waals surface area contributed by atoms with Crippen molar-refractivity contribution in [1.29, 1.82) is 5.26 Å². The Morgan fingerprint density at radius 2 is 1.73 bits per heavy atom. The fourth-order valence-corrected chi connectivity index (χ4v) is 3.56. The molecule has 6 heteroatoms. The lowest BCUT2D eigenvalue weighted by Crippen LogP contribution is -2.14. The van der Waals surface area contributed by atoms with Crippen molar-refractivity contribution in [3.63, 3.8) is 0 Å². The first-order valence-electron chi connectivity index (χ1n) is 11.1. The number of carbonyl (C=O) groups excluding carboxylic acids is 1. The van der Waals surface area contributed by atoms with Crippen LogP contribution in [0, 0.1) is 11.3 Å². The molecule has 1 N–H and O–H groups in total. The van der Waals surface area contributed by atoms with Gasteiger partial charge in [0.2, 0.25) is 5.91 Å². The van der Waals surface area contributed by atoms with Gasteiger partial charge in [0.1, 0.15) is 12.4 Å². The lowest BCUT2D eigenvalue weighted by molar-refractivity contribution is -0.116. The third-order valence-electron chi connectivity index (χ3n) is 5.34. The van der Waals surface area contributed by atoms with Crippen LogP contribution in [-0.4, -0.2) is 19.1 Å². The summed E-state index contributed by atoms with van der Waals surface area (Å²) in [6.45, 7) is 1.63. The van der Waals surface area contributed by atoms with Gasteiger partial charge in [-0.3, -0.25) is 4.79 Å². The summed E-state index contributed by atoms with van der Waals surface area (Å²) in [6.07, 6.45) is 2.20. The summed E-state index contributed by atoms with van der Waals surface area (Å²) in [5.41, 5.74) is 3.61. The third kappa shape index (κ3) is 6.27. The second kappa shape index (κ2) is 11.1. The topological polar surface area (TPSA) is 80.6 Å². The molecule has 3 aromatic rings. The number of fused-ring (bicyclic) bond motifs is 1. The van der Waals surface area contributed by atoms with Crippen molar-refractivity contribution in [3.05, 3.63) is 83.4 Å². The van der Waals surface area contributed by atoms with Crippen molar-refractivity contribution in [2.24, 2.45) is 0 Å². The highest BCUT2D eigenvalue weighted by Crippen LogP contribution is 2.30. The van der Waals surface area contributed by atoms with Gasteiger partial charge in [-0.1, -0.05) is 36.4 Å². The quantitative estimate of drug-likeness (QED) is 0.527. The van der Waals surface area contributed by atoms with Crippen LogP contribution in [0.1, 0.15) is 29.5 Å². The Bertz CT molecular complexity index is 1140. The number of nitrogens with one attached hydrogen (secondary N) is 1. The Morgan fingerprint density at radius 3 is 2.55 bits per heavy atom. The molecule has 1 heterocycles. The Kier molecular flexibility index (Phi) is 7.44. The third-order valence-corrected chi connectivity index (χ3v) is 5.34. The molecule has 33 heavy (non-hydrogen) atoms. The number of hydrogen-bond donors (Lipinski definition) is 1. The van der Waals surface area contributed by atoms with E-state index in [1.807, 2.05) is 66.7 Å². The molecule has 6 nitrogen and oxygen atoms in total. The minimum atomic E-state index is -0.0598. The van der Waals surface area contributed by atoms with E-state index in [9.17, 15) is 4.79 Å². The van der Waals surface area contributed by atoms with Gasteiger partial charge in [-0.15, -0.1) is 0 Å². The summed E-state index contributed by atoms with van der Waals surface area (Å²) in [7, 11) is 0. The lowest BCUT2D eigenvalue weighted by atomic mass is 10.1. The minimum absolute atomic E-state index is 0.0598. The first-order chi connectivity index (χ1) is 16.2. The van der Waals surface area contributed by atoms with Crippen LogP contribution in [0.25, 0.3) is 0 Å². The summed E-state index contributed by atoms with van der Waals surface area (Å²) in [5, 5.41) is 11.8. The molecule has 0 atom stereocenters. The molecule has 4 rings (SSSR count). The maximum Gasteiger partial charge on any atom is 0.224 e. The average molecular weight is 443 g/mol. The molecule has 0 bridgehead atoms. The molecular weight excluding hydrogens is 416 g/mol. The van der Waals surface area contributed by atoms with Gasteiger partial charge in [0.25, 0.3) is 0 Å². The second-order valence-electron chi connectivity index (χ2n) is 7.80. The van der Waals surface area contributed by atoms with Crippen LogP contribution >= 0.6 is 0 Å². The summed E-state index contributed by atoms with van der Waals surface area (Å²) in [6, 6.07) is 23.1. The highest BCUT2D eigenvalue weighted by atomic mass is 16.5. The van der Waals surface area contributed by atoms with E-state index in [0.29, 0.717) is 44.8 Å². The van der Waals surface area contributed by atoms with Gasteiger partial charge in [0, 0.05) is 24.1 Å². The van der Waals surface area contributed by atoms with Crippen LogP contribution in [0.5, 0.6) is 17.2 Å². The fraction of sp³-hybridized carbons (Fsp3) is 0.259. The van der Waals surface area contributed by atoms with Gasteiger partial charge in [-0.05, 0) is 47.9 Å². The zero-order valence-corrected chi connectivity index (χ0v) is 18.4. The van der Waals surface area contributed by atoms with Crippen LogP contribution in [0.4, 0.5) is 5.69 Å². The predicted octanol–water partition coefficient (Wildman–Crippen LogP) is 5.06. The Balaban J connectivity index is 1.32. The standard InChI is InChI=1S/C27H26N2O4/c28-15-14-20-6-10-23(11-7-20)33-19-22-4-1-2-5-24(22)29-27(30)13-9-21-8-12-25-26(18-21)32-17-3-16-31-25/h1-2,4-8,10-12,18H,3,9,13-14,16-17,19H2,(H,29,30). The molecular formula is C27H26N2O4. The molecule has 0 aromatic heterocycles. The Morgan fingerprint density at radius 1 is 0.970 bits per heavy atom. The number of carbonyl (C=O) groups is 1. The molecule has 1 aliphatic heterocycles. The van der Waals surface area contributed by atoms with Crippen LogP contribution in [0.15, 0.2) is 66.7 Å². The maximum absolute atomic E-state index is 12.6. The number of ether oxygens (including phenoxy) is 3. The van der Waals surface area contributed by atoms with Crippen molar-refractivity contribution < 1.29 is 19.0 Å². The average Bonchev–Trinajstić information content (AvgIpc) is 3.08. The van der Waals surface area contributed by atoms with E-state index in [1.165, 1.54) is 0 Å². The summed E-state index contributed by atoms with van der Waals surface area (Å²) in [4.78, 5) is 12.6. The Labute approximate surface area is 193 Å². The second-order valence-corrected chi connectivity index (χ2v) is 7.80. The number of rotatable bonds is 8. The van der Waals surface area contributed by atoms with Crippen molar-refractivity contribution in [1.82, 2.24) is 0 Å².